The van der Waals surface area contributed by atoms with Crippen LogP contribution in [-0.4, -0.2) is 32.1 Å². The van der Waals surface area contributed by atoms with Crippen molar-refractivity contribution in [2.24, 2.45) is 5.73 Å². The van der Waals surface area contributed by atoms with Crippen LogP contribution in [0.2, 0.25) is 0 Å². The summed E-state index contributed by atoms with van der Waals surface area (Å²) in [6, 6.07) is 12.3. The van der Waals surface area contributed by atoms with Gasteiger partial charge in [-0.3, -0.25) is 9.59 Å². The quantitative estimate of drug-likeness (QED) is 0.904. The highest BCUT2D eigenvalue weighted by Crippen LogP contribution is 2.30. The Morgan fingerprint density at radius 1 is 1.12 bits per heavy atom. The number of anilines is 1. The van der Waals surface area contributed by atoms with E-state index in [4.69, 9.17) is 15.2 Å². The molecule has 2 N–H and O–H groups in total. The topological polar surface area (TPSA) is 81.9 Å². The minimum Gasteiger partial charge on any atom is -0.497 e. The third-order valence-electron chi connectivity index (χ3n) is 4.24. The van der Waals surface area contributed by atoms with Crippen LogP contribution < -0.4 is 20.1 Å². The Kier molecular flexibility index (Phi) is 4.88. The van der Waals surface area contributed by atoms with E-state index in [1.165, 1.54) is 0 Å². The molecule has 3 rings (SSSR count). The molecule has 0 radical (unpaired) electrons. The van der Waals surface area contributed by atoms with Crippen LogP contribution in [-0.2, 0) is 11.2 Å². The fraction of sp³-hybridized carbons (Fsp3) is 0.263. The summed E-state index contributed by atoms with van der Waals surface area (Å²) in [5.41, 5.74) is 7.49. The summed E-state index contributed by atoms with van der Waals surface area (Å²) in [6.07, 6.45) is 1.52. The third kappa shape index (κ3) is 3.57. The van der Waals surface area contributed by atoms with Gasteiger partial charge >= 0.3 is 0 Å². The zero-order valence-electron chi connectivity index (χ0n) is 14.0. The maximum Gasteiger partial charge on any atom is 0.264 e. The zero-order chi connectivity index (χ0) is 17.8. The number of nitrogens with zero attached hydrogens (tertiary/aromatic N) is 1. The number of benzene rings is 2. The summed E-state index contributed by atoms with van der Waals surface area (Å²) in [6.45, 7) is 0.520. The molecule has 2 aromatic carbocycles. The molecule has 6 heteroatoms. The van der Waals surface area contributed by atoms with Gasteiger partial charge in [0, 0.05) is 17.8 Å². The minimum absolute atomic E-state index is 0.0768. The first-order valence-electron chi connectivity index (χ1n) is 8.09. The summed E-state index contributed by atoms with van der Waals surface area (Å²) < 4.78 is 10.7. The lowest BCUT2D eigenvalue weighted by Crippen LogP contribution is -2.39. The number of hydrogen-bond acceptors (Lipinski definition) is 4. The average molecular weight is 340 g/mol. The van der Waals surface area contributed by atoms with Gasteiger partial charge in [-0.25, -0.2) is 0 Å². The van der Waals surface area contributed by atoms with E-state index >= 15 is 0 Å². The van der Waals surface area contributed by atoms with Crippen LogP contribution in [0.4, 0.5) is 5.69 Å². The Morgan fingerprint density at radius 3 is 2.52 bits per heavy atom. The minimum atomic E-state index is -0.472. The lowest BCUT2D eigenvalue weighted by molar-refractivity contribution is -0.120. The second-order valence-corrected chi connectivity index (χ2v) is 5.78. The number of ether oxygens (including phenoxy) is 2. The predicted octanol–water partition coefficient (Wildman–Crippen LogP) is 2.15. The Hall–Kier alpha value is -3.02. The molecular weight excluding hydrogens is 320 g/mol. The van der Waals surface area contributed by atoms with Crippen LogP contribution in [0.1, 0.15) is 22.3 Å². The van der Waals surface area contributed by atoms with E-state index in [1.807, 2.05) is 6.07 Å². The number of fused-ring (bicyclic) bond motifs is 1. The number of carbonyl (C=O) groups excluding carboxylic acids is 2. The van der Waals surface area contributed by atoms with Crippen molar-refractivity contribution >= 4 is 17.5 Å². The van der Waals surface area contributed by atoms with Gasteiger partial charge in [0.2, 0.25) is 5.91 Å². The molecule has 0 spiro atoms. The predicted molar refractivity (Wildman–Crippen MR) is 94.1 cm³/mol. The summed E-state index contributed by atoms with van der Waals surface area (Å²) in [5.74, 6) is 0.693. The molecule has 1 aliphatic rings. The zero-order valence-corrected chi connectivity index (χ0v) is 14.0. The molecule has 2 aromatic rings. The highest BCUT2D eigenvalue weighted by Gasteiger charge is 2.25. The fourth-order valence-corrected chi connectivity index (χ4v) is 3.01. The smallest absolute Gasteiger partial charge is 0.264 e. The monoisotopic (exact) mass is 340 g/mol. The van der Waals surface area contributed by atoms with Gasteiger partial charge in [-0.2, -0.15) is 0 Å². The van der Waals surface area contributed by atoms with Gasteiger partial charge in [0.15, 0.2) is 6.61 Å². The fourth-order valence-electron chi connectivity index (χ4n) is 3.01. The van der Waals surface area contributed by atoms with Gasteiger partial charge in [-0.05, 0) is 54.8 Å². The number of rotatable bonds is 5. The van der Waals surface area contributed by atoms with Gasteiger partial charge in [0.25, 0.3) is 5.91 Å². The van der Waals surface area contributed by atoms with E-state index in [1.54, 1.807) is 48.4 Å². The molecule has 2 amide bonds. The van der Waals surface area contributed by atoms with E-state index in [2.05, 4.69) is 0 Å². The number of methoxy groups -OCH3 is 1. The van der Waals surface area contributed by atoms with Crippen molar-refractivity contribution in [2.75, 3.05) is 25.2 Å². The van der Waals surface area contributed by atoms with Crippen LogP contribution in [0.3, 0.4) is 0 Å². The van der Waals surface area contributed by atoms with Gasteiger partial charge in [-0.1, -0.05) is 6.07 Å². The van der Waals surface area contributed by atoms with Crippen LogP contribution in [0.25, 0.3) is 0 Å². The molecule has 0 bridgehead atoms. The van der Waals surface area contributed by atoms with Crippen molar-refractivity contribution in [1.29, 1.82) is 0 Å². The molecule has 25 heavy (non-hydrogen) atoms. The molecule has 0 saturated heterocycles. The second-order valence-electron chi connectivity index (χ2n) is 5.78. The van der Waals surface area contributed by atoms with Gasteiger partial charge in [-0.15, -0.1) is 0 Å². The standard InChI is InChI=1S/C19H20N2O4/c1-24-13-7-9-14(10-8-13)25-12-18(22)21-11-3-5-15-16(19(20)23)4-2-6-17(15)21/h2,4,6-10H,3,5,11-12H2,1H3,(H2,20,23). The maximum absolute atomic E-state index is 12.6. The SMILES string of the molecule is COc1ccc(OCC(=O)N2CCCc3c(C(N)=O)cccc32)cc1. The number of primary amides is 1. The first kappa shape index (κ1) is 16.8. The molecule has 0 fully saturated rings. The second kappa shape index (κ2) is 7.25. The number of nitrogens with two attached hydrogens (primary N) is 1. The summed E-state index contributed by atoms with van der Waals surface area (Å²) in [4.78, 5) is 25.9. The molecule has 0 unspecified atom stereocenters. The van der Waals surface area contributed by atoms with Gasteiger partial charge in [0.05, 0.1) is 7.11 Å². The summed E-state index contributed by atoms with van der Waals surface area (Å²) >= 11 is 0. The molecule has 0 saturated carbocycles. The van der Waals surface area contributed by atoms with Crippen molar-refractivity contribution < 1.29 is 19.1 Å². The lowest BCUT2D eigenvalue weighted by atomic mass is 9.96. The normalized spacial score (nSPS) is 13.1. The first-order valence-corrected chi connectivity index (χ1v) is 8.09. The van der Waals surface area contributed by atoms with E-state index in [-0.39, 0.29) is 12.5 Å². The number of amides is 2. The Morgan fingerprint density at radius 2 is 1.84 bits per heavy atom. The largest absolute Gasteiger partial charge is 0.497 e. The maximum atomic E-state index is 12.6. The van der Waals surface area contributed by atoms with Crippen LogP contribution >= 0.6 is 0 Å². The lowest BCUT2D eigenvalue weighted by Gasteiger charge is -2.30. The van der Waals surface area contributed by atoms with Crippen molar-refractivity contribution in [3.8, 4) is 11.5 Å². The molecular formula is C19H20N2O4. The Labute approximate surface area is 146 Å². The van der Waals surface area contributed by atoms with Gasteiger partial charge in [0.1, 0.15) is 11.5 Å². The van der Waals surface area contributed by atoms with Crippen molar-refractivity contribution in [3.63, 3.8) is 0 Å². The van der Waals surface area contributed by atoms with Crippen LogP contribution in [0.5, 0.6) is 11.5 Å². The summed E-state index contributed by atoms with van der Waals surface area (Å²) in [7, 11) is 1.59. The highest BCUT2D eigenvalue weighted by atomic mass is 16.5. The molecule has 0 aliphatic carbocycles. The molecule has 6 nitrogen and oxygen atoms in total. The average Bonchev–Trinajstić information content (AvgIpc) is 2.65. The van der Waals surface area contributed by atoms with Crippen LogP contribution in [0, 0.1) is 0 Å². The van der Waals surface area contributed by atoms with E-state index in [0.29, 0.717) is 17.9 Å². The molecule has 1 heterocycles. The Bertz CT molecular complexity index is 787. The van der Waals surface area contributed by atoms with Crippen molar-refractivity contribution in [2.45, 2.75) is 12.8 Å². The first-order chi connectivity index (χ1) is 12.1. The van der Waals surface area contributed by atoms with E-state index in [9.17, 15) is 9.59 Å². The van der Waals surface area contributed by atoms with Gasteiger partial charge < -0.3 is 20.1 Å². The number of carbonyl (C=O) groups is 2. The van der Waals surface area contributed by atoms with Crippen molar-refractivity contribution in [3.05, 3.63) is 53.6 Å². The molecule has 1 aliphatic heterocycles. The molecule has 130 valence electrons. The highest BCUT2D eigenvalue weighted by molar-refractivity contribution is 6.00. The number of hydrogen-bond donors (Lipinski definition) is 1. The molecule has 0 aromatic heterocycles. The van der Waals surface area contributed by atoms with E-state index < -0.39 is 5.91 Å². The van der Waals surface area contributed by atoms with Crippen LogP contribution in [0.15, 0.2) is 42.5 Å². The summed E-state index contributed by atoms with van der Waals surface area (Å²) in [5, 5.41) is 0. The Balaban J connectivity index is 1.73. The van der Waals surface area contributed by atoms with E-state index in [0.717, 1.165) is 29.8 Å². The molecule has 0 atom stereocenters. The third-order valence-corrected chi connectivity index (χ3v) is 4.24. The van der Waals surface area contributed by atoms with Crippen molar-refractivity contribution in [1.82, 2.24) is 0 Å².